The predicted molar refractivity (Wildman–Crippen MR) is 52.9 cm³/mol. The summed E-state index contributed by atoms with van der Waals surface area (Å²) in [6, 6.07) is 0. The van der Waals surface area contributed by atoms with Crippen molar-refractivity contribution in [2.75, 3.05) is 32.9 Å². The number of aliphatic hydroxyl groups is 1. The maximum Gasteiger partial charge on any atom is 0.224 e. The van der Waals surface area contributed by atoms with Gasteiger partial charge in [0.1, 0.15) is 0 Å². The fraction of sp³-hybridized carbons (Fsp3) is 0.900. The van der Waals surface area contributed by atoms with Crippen molar-refractivity contribution in [1.82, 2.24) is 4.90 Å². The highest BCUT2D eigenvalue weighted by atomic mass is 16.5. The summed E-state index contributed by atoms with van der Waals surface area (Å²) in [5.74, 6) is 0.446. The van der Waals surface area contributed by atoms with Gasteiger partial charge in [-0.1, -0.05) is 6.92 Å². The van der Waals surface area contributed by atoms with E-state index in [4.69, 9.17) is 9.84 Å². The molecule has 1 N–H and O–H groups in total. The number of hydrogen-bond donors (Lipinski definition) is 1. The molecule has 1 heterocycles. The zero-order valence-corrected chi connectivity index (χ0v) is 8.74. The quantitative estimate of drug-likeness (QED) is 0.627. The van der Waals surface area contributed by atoms with Gasteiger partial charge in [-0.25, -0.2) is 0 Å². The SMILES string of the molecule is CCCOCCC(=O)N1CC(CO)C1. The van der Waals surface area contributed by atoms with E-state index < -0.39 is 0 Å². The van der Waals surface area contributed by atoms with Crippen LogP contribution in [0.4, 0.5) is 0 Å². The van der Waals surface area contributed by atoms with E-state index in [9.17, 15) is 4.79 Å². The van der Waals surface area contributed by atoms with Crippen LogP contribution in [-0.2, 0) is 9.53 Å². The van der Waals surface area contributed by atoms with Crippen LogP contribution in [0.3, 0.4) is 0 Å². The molecule has 82 valence electrons. The molecule has 4 nitrogen and oxygen atoms in total. The van der Waals surface area contributed by atoms with Crippen LogP contribution < -0.4 is 0 Å². The first-order valence-corrected chi connectivity index (χ1v) is 5.24. The number of rotatable bonds is 6. The normalized spacial score (nSPS) is 16.9. The average molecular weight is 201 g/mol. The number of hydrogen-bond acceptors (Lipinski definition) is 3. The minimum absolute atomic E-state index is 0.144. The molecular formula is C10H19NO3. The van der Waals surface area contributed by atoms with Gasteiger partial charge in [0.05, 0.1) is 13.0 Å². The third-order valence-electron chi connectivity index (χ3n) is 2.38. The molecule has 1 fully saturated rings. The highest BCUT2D eigenvalue weighted by molar-refractivity contribution is 5.77. The van der Waals surface area contributed by atoms with Crippen LogP contribution in [0, 0.1) is 5.92 Å². The van der Waals surface area contributed by atoms with Crippen molar-refractivity contribution in [2.24, 2.45) is 5.92 Å². The largest absolute Gasteiger partial charge is 0.396 e. The molecule has 0 aromatic heterocycles. The van der Waals surface area contributed by atoms with Crippen LogP contribution >= 0.6 is 0 Å². The molecule has 0 unspecified atom stereocenters. The molecule has 4 heteroatoms. The summed E-state index contributed by atoms with van der Waals surface area (Å²) in [6.07, 6.45) is 1.46. The third kappa shape index (κ3) is 3.27. The number of amides is 1. The first-order chi connectivity index (χ1) is 6.77. The van der Waals surface area contributed by atoms with Crippen LogP contribution in [0.25, 0.3) is 0 Å². The van der Waals surface area contributed by atoms with Crippen molar-refractivity contribution < 1.29 is 14.6 Å². The summed E-state index contributed by atoms with van der Waals surface area (Å²) in [5, 5.41) is 8.77. The van der Waals surface area contributed by atoms with Crippen molar-refractivity contribution in [2.45, 2.75) is 19.8 Å². The van der Waals surface area contributed by atoms with Crippen molar-refractivity contribution in [3.63, 3.8) is 0 Å². The predicted octanol–water partition coefficient (Wildman–Crippen LogP) is 0.254. The van der Waals surface area contributed by atoms with Gasteiger partial charge in [0.25, 0.3) is 0 Å². The molecule has 0 atom stereocenters. The van der Waals surface area contributed by atoms with Gasteiger partial charge in [0.15, 0.2) is 0 Å². The standard InChI is InChI=1S/C10H19NO3/c1-2-4-14-5-3-10(13)11-6-9(7-11)8-12/h9,12H,2-8H2,1H3. The second kappa shape index (κ2) is 5.98. The van der Waals surface area contributed by atoms with E-state index >= 15 is 0 Å². The van der Waals surface area contributed by atoms with Gasteiger partial charge in [-0.3, -0.25) is 4.79 Å². The van der Waals surface area contributed by atoms with Gasteiger partial charge in [0.2, 0.25) is 5.91 Å². The Morgan fingerprint density at radius 2 is 2.21 bits per heavy atom. The highest BCUT2D eigenvalue weighted by Crippen LogP contribution is 2.15. The molecule has 0 aromatic carbocycles. The van der Waals surface area contributed by atoms with E-state index in [1.807, 2.05) is 6.92 Å². The fourth-order valence-electron chi connectivity index (χ4n) is 1.45. The molecule has 0 bridgehead atoms. The number of aliphatic hydroxyl groups excluding tert-OH is 1. The number of likely N-dealkylation sites (tertiary alicyclic amines) is 1. The zero-order chi connectivity index (χ0) is 10.4. The maximum atomic E-state index is 11.4. The topological polar surface area (TPSA) is 49.8 Å². The Morgan fingerprint density at radius 1 is 1.50 bits per heavy atom. The Bertz CT molecular complexity index is 178. The minimum atomic E-state index is 0.144. The molecule has 1 amide bonds. The van der Waals surface area contributed by atoms with Gasteiger partial charge in [0, 0.05) is 32.2 Å². The maximum absolute atomic E-state index is 11.4. The summed E-state index contributed by atoms with van der Waals surface area (Å²) in [5.41, 5.74) is 0. The third-order valence-corrected chi connectivity index (χ3v) is 2.38. The zero-order valence-electron chi connectivity index (χ0n) is 8.74. The van der Waals surface area contributed by atoms with Crippen molar-refractivity contribution >= 4 is 5.91 Å². The van der Waals surface area contributed by atoms with Gasteiger partial charge >= 0.3 is 0 Å². The van der Waals surface area contributed by atoms with Gasteiger partial charge in [-0.2, -0.15) is 0 Å². The van der Waals surface area contributed by atoms with E-state index in [0.29, 0.717) is 32.0 Å². The Kier molecular flexibility index (Phi) is 4.90. The first kappa shape index (κ1) is 11.5. The molecule has 0 spiro atoms. The van der Waals surface area contributed by atoms with E-state index in [2.05, 4.69) is 0 Å². The Labute approximate surface area is 84.8 Å². The van der Waals surface area contributed by atoms with Crippen molar-refractivity contribution in [1.29, 1.82) is 0 Å². The van der Waals surface area contributed by atoms with Crippen LogP contribution in [0.2, 0.25) is 0 Å². The monoisotopic (exact) mass is 201 g/mol. The molecule has 1 aliphatic rings. The second-order valence-corrected chi connectivity index (χ2v) is 3.71. The lowest BCUT2D eigenvalue weighted by Gasteiger charge is -2.38. The summed E-state index contributed by atoms with van der Waals surface area (Å²) in [7, 11) is 0. The summed E-state index contributed by atoms with van der Waals surface area (Å²) >= 11 is 0. The van der Waals surface area contributed by atoms with E-state index in [-0.39, 0.29) is 12.5 Å². The lowest BCUT2D eigenvalue weighted by atomic mass is 10.0. The minimum Gasteiger partial charge on any atom is -0.396 e. The van der Waals surface area contributed by atoms with Gasteiger partial charge in [-0.05, 0) is 6.42 Å². The van der Waals surface area contributed by atoms with E-state index in [1.54, 1.807) is 4.90 Å². The summed E-state index contributed by atoms with van der Waals surface area (Å²) in [4.78, 5) is 13.2. The number of ether oxygens (including phenoxy) is 1. The molecule has 0 aromatic rings. The van der Waals surface area contributed by atoms with Crippen molar-refractivity contribution in [3.05, 3.63) is 0 Å². The van der Waals surface area contributed by atoms with Crippen LogP contribution in [0.5, 0.6) is 0 Å². The number of carbonyl (C=O) groups is 1. The lowest BCUT2D eigenvalue weighted by Crippen LogP contribution is -2.51. The smallest absolute Gasteiger partial charge is 0.224 e. The van der Waals surface area contributed by atoms with Gasteiger partial charge in [-0.15, -0.1) is 0 Å². The number of nitrogens with zero attached hydrogens (tertiary/aromatic N) is 1. The van der Waals surface area contributed by atoms with Crippen LogP contribution in [-0.4, -0.2) is 48.8 Å². The van der Waals surface area contributed by atoms with E-state index in [1.165, 1.54) is 0 Å². The molecule has 1 aliphatic heterocycles. The molecule has 1 rings (SSSR count). The fourth-order valence-corrected chi connectivity index (χ4v) is 1.45. The summed E-state index contributed by atoms with van der Waals surface area (Å²) in [6.45, 7) is 4.91. The highest BCUT2D eigenvalue weighted by Gasteiger charge is 2.29. The lowest BCUT2D eigenvalue weighted by molar-refractivity contribution is -0.139. The van der Waals surface area contributed by atoms with Crippen LogP contribution in [0.1, 0.15) is 19.8 Å². The second-order valence-electron chi connectivity index (χ2n) is 3.71. The molecule has 0 saturated carbocycles. The molecule has 0 aliphatic carbocycles. The van der Waals surface area contributed by atoms with Crippen molar-refractivity contribution in [3.8, 4) is 0 Å². The molecule has 14 heavy (non-hydrogen) atoms. The van der Waals surface area contributed by atoms with Gasteiger partial charge < -0.3 is 14.7 Å². The van der Waals surface area contributed by atoms with E-state index in [0.717, 1.165) is 13.0 Å². The molecular weight excluding hydrogens is 182 g/mol. The molecule has 1 saturated heterocycles. The Morgan fingerprint density at radius 3 is 2.79 bits per heavy atom. The van der Waals surface area contributed by atoms with Crippen LogP contribution in [0.15, 0.2) is 0 Å². The Balaban J connectivity index is 2.00. The number of carbonyl (C=O) groups excluding carboxylic acids is 1. The Hall–Kier alpha value is -0.610. The molecule has 0 radical (unpaired) electrons. The average Bonchev–Trinajstić information content (AvgIpc) is 2.11. The summed E-state index contributed by atoms with van der Waals surface area (Å²) < 4.78 is 5.23. The first-order valence-electron chi connectivity index (χ1n) is 5.24.